The molecule has 0 saturated heterocycles. The van der Waals surface area contributed by atoms with Crippen LogP contribution in [0.1, 0.15) is 31.9 Å². The summed E-state index contributed by atoms with van der Waals surface area (Å²) in [7, 11) is -0.321. The Morgan fingerprint density at radius 3 is 2.17 bits per heavy atom. The molecule has 0 atom stereocenters. The van der Waals surface area contributed by atoms with Gasteiger partial charge in [0.25, 0.3) is 0 Å². The monoisotopic (exact) mass is 546 g/mol. The van der Waals surface area contributed by atoms with Crippen molar-refractivity contribution in [3.8, 4) is 5.75 Å². The lowest BCUT2D eigenvalue weighted by Crippen LogP contribution is -2.41. The van der Waals surface area contributed by atoms with Crippen molar-refractivity contribution >= 4 is 40.0 Å². The molecule has 0 radical (unpaired) electrons. The molecule has 2 rings (SSSR count). The van der Waals surface area contributed by atoms with Gasteiger partial charge in [-0.1, -0.05) is 30.3 Å². The Balaban J connectivity index is 0.00000450. The van der Waals surface area contributed by atoms with Crippen molar-refractivity contribution in [2.24, 2.45) is 4.99 Å². The summed E-state index contributed by atoms with van der Waals surface area (Å²) in [6.07, 6.45) is 0. The zero-order chi connectivity index (χ0) is 21.5. The van der Waals surface area contributed by atoms with Gasteiger partial charge in [-0.25, -0.2) is 13.1 Å². The zero-order valence-electron chi connectivity index (χ0n) is 18.0. The predicted molar refractivity (Wildman–Crippen MR) is 132 cm³/mol. The molecule has 0 spiro atoms. The predicted octanol–water partition coefficient (Wildman–Crippen LogP) is 3.26. The molecule has 0 bridgehead atoms. The molecule has 7 nitrogen and oxygen atoms in total. The summed E-state index contributed by atoms with van der Waals surface area (Å²) < 4.78 is 33.4. The minimum Gasteiger partial charge on any atom is -0.497 e. The molecule has 0 aromatic heterocycles. The number of hydrogen-bond acceptors (Lipinski definition) is 4. The van der Waals surface area contributed by atoms with E-state index in [0.717, 1.165) is 11.3 Å². The Hall–Kier alpha value is -1.85. The summed E-state index contributed by atoms with van der Waals surface area (Å²) in [6, 6.07) is 14.7. The molecular weight excluding hydrogens is 515 g/mol. The normalized spacial score (nSPS) is 12.1. The van der Waals surface area contributed by atoms with Crippen LogP contribution < -0.4 is 20.1 Å². The fourth-order valence-corrected chi connectivity index (χ4v) is 4.36. The molecule has 2 aromatic rings. The Morgan fingerprint density at radius 2 is 1.60 bits per heavy atom. The van der Waals surface area contributed by atoms with Crippen LogP contribution in [0, 0.1) is 0 Å². The minimum atomic E-state index is -3.63. The summed E-state index contributed by atoms with van der Waals surface area (Å²) in [5.74, 6) is 1.38. The third-order valence-electron chi connectivity index (χ3n) is 3.99. The molecule has 2 aromatic carbocycles. The van der Waals surface area contributed by atoms with Crippen LogP contribution in [-0.2, 0) is 23.1 Å². The number of rotatable bonds is 7. The first-order chi connectivity index (χ1) is 13.6. The standard InChI is InChI=1S/C21H30N4O3S.HI/c1-21(2,3)25-29(26,27)19-9-7-6-8-17(19)15-24-20(22-4)23-14-16-10-12-18(28-5)13-11-16;/h6-13,25H,14-15H2,1-5H3,(H2,22,23,24);1H. The largest absolute Gasteiger partial charge is 0.497 e. The van der Waals surface area contributed by atoms with Gasteiger partial charge in [0.15, 0.2) is 5.96 Å². The Kier molecular flexibility index (Phi) is 10.1. The molecule has 0 unspecified atom stereocenters. The molecule has 0 aliphatic carbocycles. The number of hydrogen-bond donors (Lipinski definition) is 3. The van der Waals surface area contributed by atoms with Crippen LogP contribution in [-0.4, -0.2) is 34.1 Å². The zero-order valence-corrected chi connectivity index (χ0v) is 21.2. The highest BCUT2D eigenvalue weighted by Gasteiger charge is 2.24. The van der Waals surface area contributed by atoms with Crippen LogP contribution in [0.15, 0.2) is 58.4 Å². The van der Waals surface area contributed by atoms with Crippen molar-refractivity contribution in [2.45, 2.75) is 44.3 Å². The Labute approximate surface area is 196 Å². The third kappa shape index (κ3) is 8.11. The lowest BCUT2D eigenvalue weighted by molar-refractivity contribution is 0.414. The van der Waals surface area contributed by atoms with Crippen molar-refractivity contribution in [1.82, 2.24) is 15.4 Å². The number of nitrogens with one attached hydrogen (secondary N) is 3. The minimum absolute atomic E-state index is 0. The van der Waals surface area contributed by atoms with E-state index in [1.165, 1.54) is 0 Å². The second-order valence-corrected chi connectivity index (χ2v) is 9.24. The lowest BCUT2D eigenvalue weighted by atomic mass is 10.1. The van der Waals surface area contributed by atoms with E-state index in [1.54, 1.807) is 32.4 Å². The van der Waals surface area contributed by atoms with Crippen LogP contribution in [0.5, 0.6) is 5.75 Å². The number of ether oxygens (including phenoxy) is 1. The van der Waals surface area contributed by atoms with Gasteiger partial charge in [0.05, 0.1) is 12.0 Å². The van der Waals surface area contributed by atoms with Crippen molar-refractivity contribution in [2.75, 3.05) is 14.2 Å². The van der Waals surface area contributed by atoms with Gasteiger partial charge in [-0.05, 0) is 50.1 Å². The van der Waals surface area contributed by atoms with Gasteiger partial charge < -0.3 is 15.4 Å². The van der Waals surface area contributed by atoms with E-state index >= 15 is 0 Å². The average Bonchev–Trinajstić information content (AvgIpc) is 2.67. The maximum atomic E-state index is 12.8. The average molecular weight is 546 g/mol. The molecule has 0 amide bonds. The molecule has 9 heteroatoms. The third-order valence-corrected chi connectivity index (χ3v) is 5.85. The van der Waals surface area contributed by atoms with E-state index < -0.39 is 15.6 Å². The Morgan fingerprint density at radius 1 is 1.00 bits per heavy atom. The van der Waals surface area contributed by atoms with Crippen molar-refractivity contribution < 1.29 is 13.2 Å². The fraction of sp³-hybridized carbons (Fsp3) is 0.381. The summed E-state index contributed by atoms with van der Waals surface area (Å²) in [6.45, 7) is 6.35. The molecule has 0 saturated carbocycles. The second-order valence-electron chi connectivity index (χ2n) is 7.59. The highest BCUT2D eigenvalue weighted by Crippen LogP contribution is 2.17. The molecule has 0 aliphatic heterocycles. The number of benzene rings is 2. The number of halogens is 1. The number of sulfonamides is 1. The molecule has 166 valence electrons. The van der Waals surface area contributed by atoms with Gasteiger partial charge >= 0.3 is 0 Å². The van der Waals surface area contributed by atoms with Crippen LogP contribution in [0.4, 0.5) is 0 Å². The van der Waals surface area contributed by atoms with Crippen molar-refractivity contribution in [3.05, 3.63) is 59.7 Å². The van der Waals surface area contributed by atoms with Gasteiger partial charge in [0, 0.05) is 25.7 Å². The topological polar surface area (TPSA) is 91.8 Å². The number of nitrogens with zero attached hydrogens (tertiary/aromatic N) is 1. The summed E-state index contributed by atoms with van der Waals surface area (Å²) in [5, 5.41) is 6.40. The van der Waals surface area contributed by atoms with E-state index in [4.69, 9.17) is 4.74 Å². The summed E-state index contributed by atoms with van der Waals surface area (Å²) in [5.41, 5.74) is 1.18. The van der Waals surface area contributed by atoms with Crippen LogP contribution in [0.2, 0.25) is 0 Å². The molecule has 30 heavy (non-hydrogen) atoms. The second kappa shape index (κ2) is 11.5. The lowest BCUT2D eigenvalue weighted by Gasteiger charge is -2.22. The quantitative estimate of drug-likeness (QED) is 0.282. The van der Waals surface area contributed by atoms with Gasteiger partial charge in [-0.3, -0.25) is 4.99 Å². The molecule has 0 fully saturated rings. The molecule has 0 heterocycles. The first-order valence-electron chi connectivity index (χ1n) is 9.34. The smallest absolute Gasteiger partial charge is 0.241 e. The summed E-state index contributed by atoms with van der Waals surface area (Å²) >= 11 is 0. The van der Waals surface area contributed by atoms with E-state index in [2.05, 4.69) is 20.3 Å². The first-order valence-corrected chi connectivity index (χ1v) is 10.8. The first kappa shape index (κ1) is 26.2. The SMILES string of the molecule is CN=C(NCc1ccc(OC)cc1)NCc1ccccc1S(=O)(=O)NC(C)(C)C.I. The number of guanidine groups is 1. The van der Waals surface area contributed by atoms with E-state index in [1.807, 2.05) is 51.1 Å². The van der Waals surface area contributed by atoms with Crippen molar-refractivity contribution in [1.29, 1.82) is 0 Å². The molecule has 3 N–H and O–H groups in total. The highest BCUT2D eigenvalue weighted by atomic mass is 127. The Bertz CT molecular complexity index is 939. The van der Waals surface area contributed by atoms with Gasteiger partial charge in [-0.2, -0.15) is 0 Å². The molecular formula is C21H31IN4O3S. The maximum absolute atomic E-state index is 12.8. The highest BCUT2D eigenvalue weighted by molar-refractivity contribution is 14.0. The van der Waals surface area contributed by atoms with Gasteiger partial charge in [0.1, 0.15) is 5.75 Å². The number of methoxy groups -OCH3 is 1. The van der Waals surface area contributed by atoms with Gasteiger partial charge in [-0.15, -0.1) is 24.0 Å². The fourth-order valence-electron chi connectivity index (χ4n) is 2.70. The van der Waals surface area contributed by atoms with E-state index in [0.29, 0.717) is 24.6 Å². The van der Waals surface area contributed by atoms with Crippen LogP contribution >= 0.6 is 24.0 Å². The van der Waals surface area contributed by atoms with Crippen LogP contribution in [0.3, 0.4) is 0 Å². The number of aliphatic imine (C=N–C) groups is 1. The van der Waals surface area contributed by atoms with Gasteiger partial charge in [0.2, 0.25) is 10.0 Å². The van der Waals surface area contributed by atoms with Crippen molar-refractivity contribution in [3.63, 3.8) is 0 Å². The van der Waals surface area contributed by atoms with Crippen LogP contribution in [0.25, 0.3) is 0 Å². The maximum Gasteiger partial charge on any atom is 0.241 e. The van der Waals surface area contributed by atoms with E-state index in [-0.39, 0.29) is 28.9 Å². The summed E-state index contributed by atoms with van der Waals surface area (Å²) in [4.78, 5) is 4.47. The van der Waals surface area contributed by atoms with E-state index in [9.17, 15) is 8.42 Å². The molecule has 0 aliphatic rings.